The van der Waals surface area contributed by atoms with Crippen LogP contribution in [-0.4, -0.2) is 28.7 Å². The highest BCUT2D eigenvalue weighted by atomic mass is 15.0. The van der Waals surface area contributed by atoms with Gasteiger partial charge in [-0.25, -0.2) is 15.0 Å². The highest BCUT2D eigenvalue weighted by Crippen LogP contribution is 2.39. The Bertz CT molecular complexity index is 2830. The van der Waals surface area contributed by atoms with Gasteiger partial charge >= 0.3 is 0 Å². The van der Waals surface area contributed by atoms with Gasteiger partial charge in [0.25, 0.3) is 0 Å². The van der Waals surface area contributed by atoms with Crippen molar-refractivity contribution in [2.75, 3.05) is 7.05 Å². The Morgan fingerprint density at radius 2 is 1.02 bits per heavy atom. The molecule has 0 saturated heterocycles. The lowest BCUT2D eigenvalue weighted by molar-refractivity contribution is 1.06. The average Bonchev–Trinajstić information content (AvgIpc) is 3.32. The van der Waals surface area contributed by atoms with Gasteiger partial charge in [0.2, 0.25) is 0 Å². The first-order valence-corrected chi connectivity index (χ1v) is 19.8. The van der Waals surface area contributed by atoms with Crippen molar-refractivity contribution in [3.05, 3.63) is 229 Å². The quantitative estimate of drug-likeness (QED) is 0.118. The number of benzene rings is 8. The normalized spacial score (nSPS) is 11.7. The maximum Gasteiger partial charge on any atom is 0.160 e. The van der Waals surface area contributed by atoms with Gasteiger partial charge in [-0.3, -0.25) is 4.99 Å². The van der Waals surface area contributed by atoms with E-state index >= 15 is 0 Å². The highest BCUT2D eigenvalue weighted by molar-refractivity contribution is 6.12. The van der Waals surface area contributed by atoms with E-state index in [2.05, 4.69) is 145 Å². The van der Waals surface area contributed by atoms with E-state index in [0.717, 1.165) is 67.3 Å². The largest absolute Gasteiger partial charge is 0.373 e. The Labute approximate surface area is 345 Å². The van der Waals surface area contributed by atoms with E-state index in [-0.39, 0.29) is 0 Å². The number of nitrogens with zero attached hydrogens (tertiary/aromatic N) is 4. The van der Waals surface area contributed by atoms with Crippen LogP contribution in [0.5, 0.6) is 0 Å². The molecule has 0 fully saturated rings. The number of aliphatic imine (C=N–C) groups is 2. The fourth-order valence-corrected chi connectivity index (χ4v) is 7.41. The first-order valence-electron chi connectivity index (χ1n) is 19.8. The van der Waals surface area contributed by atoms with Crippen molar-refractivity contribution in [3.63, 3.8) is 0 Å². The van der Waals surface area contributed by atoms with Gasteiger partial charge in [-0.2, -0.15) is 0 Å². The molecule has 0 amide bonds. The molecule has 0 radical (unpaired) electrons. The summed E-state index contributed by atoms with van der Waals surface area (Å²) in [5.74, 6) is 2.13. The lowest BCUT2D eigenvalue weighted by Gasteiger charge is -2.16. The third kappa shape index (κ3) is 8.22. The maximum atomic E-state index is 5.09. The van der Waals surface area contributed by atoms with E-state index in [9.17, 15) is 0 Å². The maximum absolute atomic E-state index is 5.09. The number of rotatable bonds is 9. The molecule has 0 bridgehead atoms. The summed E-state index contributed by atoms with van der Waals surface area (Å²) >= 11 is 0. The molecule has 0 spiro atoms. The van der Waals surface area contributed by atoms with Crippen molar-refractivity contribution < 1.29 is 0 Å². The van der Waals surface area contributed by atoms with Crippen LogP contribution in [-0.2, 0) is 6.54 Å². The molecule has 0 unspecified atom stereocenters. The summed E-state index contributed by atoms with van der Waals surface area (Å²) < 4.78 is 0. The van der Waals surface area contributed by atoms with E-state index in [1.165, 1.54) is 16.3 Å². The fraction of sp³-hybridized carbons (Fsp3) is 0.0370. The first kappa shape index (κ1) is 36.9. The third-order valence-corrected chi connectivity index (χ3v) is 10.4. The highest BCUT2D eigenvalue weighted by Gasteiger charge is 2.15. The molecular weight excluding hydrogens is 719 g/mol. The van der Waals surface area contributed by atoms with Gasteiger partial charge < -0.3 is 5.32 Å². The number of aromatic nitrogens is 2. The van der Waals surface area contributed by atoms with Gasteiger partial charge in [0.1, 0.15) is 5.84 Å². The van der Waals surface area contributed by atoms with Crippen molar-refractivity contribution in [1.82, 2.24) is 15.3 Å². The van der Waals surface area contributed by atoms with Crippen LogP contribution in [0.4, 0.5) is 0 Å². The zero-order valence-corrected chi connectivity index (χ0v) is 32.7. The standard InChI is InChI=1S/C54H41N5/c1-55-52(59-53(44-21-10-4-11-22-44)56-37-38-16-6-2-7-17-38)46-32-30-43(31-33-46)51-47-25-15-14-18-39(47)34-35-48(51)40-26-28-42(29-27-40)50-36-49(41-19-8-3-9-20-41)57-54(58-50)45-23-12-5-13-24-45/h2-36H,37H2,1H3,(H,55,56,59). The number of hydrogen-bond donors (Lipinski definition) is 1. The van der Waals surface area contributed by atoms with E-state index in [4.69, 9.17) is 20.0 Å². The Balaban J connectivity index is 1.08. The third-order valence-electron chi connectivity index (χ3n) is 10.4. The SMILES string of the molecule is CNC(=NC(=NCc1ccccc1)c1ccccc1)c1ccc(-c2c(-c3ccc(-c4cc(-c5ccccc5)nc(-c5ccccc5)n4)cc3)ccc3ccccc23)cc1. The molecule has 59 heavy (non-hydrogen) atoms. The number of fused-ring (bicyclic) bond motifs is 1. The zero-order chi connectivity index (χ0) is 39.8. The Hall–Kier alpha value is -7.76. The Morgan fingerprint density at radius 1 is 0.475 bits per heavy atom. The van der Waals surface area contributed by atoms with Gasteiger partial charge in [0, 0.05) is 34.9 Å². The van der Waals surface area contributed by atoms with Gasteiger partial charge in [-0.1, -0.05) is 206 Å². The predicted octanol–water partition coefficient (Wildman–Crippen LogP) is 12.6. The van der Waals surface area contributed by atoms with Crippen LogP contribution < -0.4 is 5.32 Å². The van der Waals surface area contributed by atoms with Crippen LogP contribution in [0.1, 0.15) is 16.7 Å². The molecule has 0 aliphatic carbocycles. The minimum atomic E-state index is 0.540. The van der Waals surface area contributed by atoms with E-state index in [0.29, 0.717) is 18.2 Å². The van der Waals surface area contributed by atoms with Crippen molar-refractivity contribution in [2.45, 2.75) is 6.54 Å². The molecular formula is C54H41N5. The molecule has 9 aromatic rings. The summed E-state index contributed by atoms with van der Waals surface area (Å²) in [4.78, 5) is 20.1. The van der Waals surface area contributed by atoms with Crippen LogP contribution >= 0.6 is 0 Å². The molecule has 1 aromatic heterocycles. The van der Waals surface area contributed by atoms with Gasteiger partial charge in [-0.05, 0) is 44.7 Å². The van der Waals surface area contributed by atoms with Crippen LogP contribution in [0, 0.1) is 0 Å². The average molecular weight is 760 g/mol. The smallest absolute Gasteiger partial charge is 0.160 e. The molecule has 1 N–H and O–H groups in total. The molecule has 8 aromatic carbocycles. The van der Waals surface area contributed by atoms with Gasteiger partial charge in [0.05, 0.1) is 17.9 Å². The molecule has 0 aliphatic heterocycles. The molecule has 0 saturated carbocycles. The molecule has 9 rings (SSSR count). The fourth-order valence-electron chi connectivity index (χ4n) is 7.41. The molecule has 282 valence electrons. The summed E-state index contributed by atoms with van der Waals surface area (Å²) in [6.45, 7) is 0.540. The Morgan fingerprint density at radius 3 is 1.68 bits per heavy atom. The van der Waals surface area contributed by atoms with Gasteiger partial charge in [-0.15, -0.1) is 0 Å². The van der Waals surface area contributed by atoms with Crippen LogP contribution in [0.2, 0.25) is 0 Å². The van der Waals surface area contributed by atoms with E-state index < -0.39 is 0 Å². The van der Waals surface area contributed by atoms with Crippen LogP contribution in [0.15, 0.2) is 222 Å². The molecule has 5 heteroatoms. The summed E-state index contributed by atoms with van der Waals surface area (Å²) in [5, 5.41) is 5.73. The van der Waals surface area contributed by atoms with Gasteiger partial charge in [0.15, 0.2) is 11.7 Å². The number of hydrogen-bond acceptors (Lipinski definition) is 3. The first-order chi connectivity index (χ1) is 29.2. The Kier molecular flexibility index (Phi) is 10.7. The lowest BCUT2D eigenvalue weighted by Crippen LogP contribution is -2.21. The monoisotopic (exact) mass is 759 g/mol. The number of amidine groups is 2. The van der Waals surface area contributed by atoms with Crippen molar-refractivity contribution in [1.29, 1.82) is 0 Å². The summed E-state index contributed by atoms with van der Waals surface area (Å²) in [5.41, 5.74) is 12.5. The number of nitrogens with one attached hydrogen (secondary N) is 1. The van der Waals surface area contributed by atoms with Crippen molar-refractivity contribution in [3.8, 4) is 56.2 Å². The van der Waals surface area contributed by atoms with Crippen molar-refractivity contribution >= 4 is 22.4 Å². The lowest BCUT2D eigenvalue weighted by atomic mass is 9.89. The second-order valence-corrected chi connectivity index (χ2v) is 14.3. The second-order valence-electron chi connectivity index (χ2n) is 14.3. The molecule has 0 atom stereocenters. The topological polar surface area (TPSA) is 62.5 Å². The van der Waals surface area contributed by atoms with Crippen molar-refractivity contribution in [2.24, 2.45) is 9.98 Å². The zero-order valence-electron chi connectivity index (χ0n) is 32.7. The van der Waals surface area contributed by atoms with E-state index in [1.54, 1.807) is 0 Å². The van der Waals surface area contributed by atoms with Crippen LogP contribution in [0.25, 0.3) is 66.9 Å². The summed E-state index contributed by atoms with van der Waals surface area (Å²) in [7, 11) is 1.91. The second kappa shape index (κ2) is 17.2. The minimum absolute atomic E-state index is 0.540. The summed E-state index contributed by atoms with van der Waals surface area (Å²) in [6, 6.07) is 73.4. The molecule has 1 heterocycles. The van der Waals surface area contributed by atoms with Crippen LogP contribution in [0.3, 0.4) is 0 Å². The minimum Gasteiger partial charge on any atom is -0.373 e. The molecule has 0 aliphatic rings. The van der Waals surface area contributed by atoms with E-state index in [1.807, 2.05) is 79.8 Å². The summed E-state index contributed by atoms with van der Waals surface area (Å²) in [6.07, 6.45) is 0. The predicted molar refractivity (Wildman–Crippen MR) is 245 cm³/mol. The molecule has 5 nitrogen and oxygen atoms in total.